The standard InChI is InChI=1S/C18H18O4/c1-20-15-7-4-13(5-8-15)6-9-18(19)14-10-16(21-2)12-17(11-14)22-3/h4-12H,1-3H3/b9-6+. The Bertz CT molecular complexity index is 650. The largest absolute Gasteiger partial charge is 0.497 e. The maximum absolute atomic E-state index is 12.3. The molecule has 4 nitrogen and oxygen atoms in total. The lowest BCUT2D eigenvalue weighted by Gasteiger charge is -2.06. The van der Waals surface area contributed by atoms with Gasteiger partial charge in [0.2, 0.25) is 0 Å². The Morgan fingerprint density at radius 1 is 0.818 bits per heavy atom. The minimum absolute atomic E-state index is 0.118. The first kappa shape index (κ1) is 15.6. The second-order valence-corrected chi connectivity index (χ2v) is 4.57. The molecule has 2 rings (SSSR count). The number of hydrogen-bond acceptors (Lipinski definition) is 4. The Morgan fingerprint density at radius 2 is 1.36 bits per heavy atom. The third-order valence-electron chi connectivity index (χ3n) is 3.18. The van der Waals surface area contributed by atoms with E-state index in [4.69, 9.17) is 14.2 Å². The highest BCUT2D eigenvalue weighted by atomic mass is 16.5. The average Bonchev–Trinajstić information content (AvgIpc) is 2.59. The van der Waals surface area contributed by atoms with E-state index in [9.17, 15) is 4.79 Å². The molecule has 114 valence electrons. The molecule has 0 spiro atoms. The Morgan fingerprint density at radius 3 is 1.86 bits per heavy atom. The first-order chi connectivity index (χ1) is 10.7. The van der Waals surface area contributed by atoms with Gasteiger partial charge < -0.3 is 14.2 Å². The van der Waals surface area contributed by atoms with E-state index in [1.165, 1.54) is 6.08 Å². The predicted octanol–water partition coefficient (Wildman–Crippen LogP) is 3.61. The lowest BCUT2D eigenvalue weighted by molar-refractivity contribution is 0.104. The molecule has 2 aromatic carbocycles. The van der Waals surface area contributed by atoms with E-state index < -0.39 is 0 Å². The third kappa shape index (κ3) is 3.88. The number of hydrogen-bond donors (Lipinski definition) is 0. The SMILES string of the molecule is COc1ccc(/C=C/C(=O)c2cc(OC)cc(OC)c2)cc1. The Hall–Kier alpha value is -2.75. The summed E-state index contributed by atoms with van der Waals surface area (Å²) in [5.41, 5.74) is 1.44. The molecule has 0 aliphatic rings. The molecule has 2 aromatic rings. The number of carbonyl (C=O) groups excluding carboxylic acids is 1. The van der Waals surface area contributed by atoms with Crippen LogP contribution < -0.4 is 14.2 Å². The molecule has 0 bridgehead atoms. The zero-order chi connectivity index (χ0) is 15.9. The van der Waals surface area contributed by atoms with E-state index in [0.29, 0.717) is 17.1 Å². The Labute approximate surface area is 129 Å². The van der Waals surface area contributed by atoms with Gasteiger partial charge in [-0.25, -0.2) is 0 Å². The van der Waals surface area contributed by atoms with Crippen LogP contribution in [0, 0.1) is 0 Å². The molecule has 0 N–H and O–H groups in total. The molecule has 0 radical (unpaired) electrons. The number of rotatable bonds is 6. The predicted molar refractivity (Wildman–Crippen MR) is 85.9 cm³/mol. The van der Waals surface area contributed by atoms with Gasteiger partial charge in [-0.2, -0.15) is 0 Å². The molecule has 0 aliphatic heterocycles. The van der Waals surface area contributed by atoms with Gasteiger partial charge in [0, 0.05) is 11.6 Å². The van der Waals surface area contributed by atoms with Crippen molar-refractivity contribution in [1.82, 2.24) is 0 Å². The van der Waals surface area contributed by atoms with E-state index in [1.807, 2.05) is 24.3 Å². The summed E-state index contributed by atoms with van der Waals surface area (Å²) < 4.78 is 15.4. The normalized spacial score (nSPS) is 10.5. The number of allylic oxidation sites excluding steroid dienone is 1. The molecule has 0 aliphatic carbocycles. The van der Waals surface area contributed by atoms with Crippen LogP contribution in [0.3, 0.4) is 0 Å². The molecule has 0 atom stereocenters. The highest BCUT2D eigenvalue weighted by Crippen LogP contribution is 2.23. The molecule has 0 saturated heterocycles. The summed E-state index contributed by atoms with van der Waals surface area (Å²) in [6.45, 7) is 0. The van der Waals surface area contributed by atoms with Crippen LogP contribution in [0.1, 0.15) is 15.9 Å². The van der Waals surface area contributed by atoms with Crippen molar-refractivity contribution >= 4 is 11.9 Å². The number of methoxy groups -OCH3 is 3. The van der Waals surface area contributed by atoms with E-state index in [-0.39, 0.29) is 5.78 Å². The maximum atomic E-state index is 12.3. The van der Waals surface area contributed by atoms with Crippen LogP contribution >= 0.6 is 0 Å². The molecule has 0 amide bonds. The van der Waals surface area contributed by atoms with E-state index in [2.05, 4.69) is 0 Å². The van der Waals surface area contributed by atoms with Gasteiger partial charge in [-0.1, -0.05) is 18.2 Å². The van der Waals surface area contributed by atoms with Crippen molar-refractivity contribution in [3.05, 3.63) is 59.7 Å². The fourth-order valence-corrected chi connectivity index (χ4v) is 1.93. The van der Waals surface area contributed by atoms with Crippen molar-refractivity contribution < 1.29 is 19.0 Å². The zero-order valence-corrected chi connectivity index (χ0v) is 12.8. The minimum atomic E-state index is -0.118. The van der Waals surface area contributed by atoms with Crippen LogP contribution in [0.2, 0.25) is 0 Å². The van der Waals surface area contributed by atoms with Crippen molar-refractivity contribution in [2.45, 2.75) is 0 Å². The van der Waals surface area contributed by atoms with Crippen LogP contribution in [0.15, 0.2) is 48.5 Å². The molecule has 4 heteroatoms. The van der Waals surface area contributed by atoms with Gasteiger partial charge in [-0.15, -0.1) is 0 Å². The second-order valence-electron chi connectivity index (χ2n) is 4.57. The second kappa shape index (κ2) is 7.31. The van der Waals surface area contributed by atoms with Gasteiger partial charge in [-0.3, -0.25) is 4.79 Å². The highest BCUT2D eigenvalue weighted by molar-refractivity contribution is 6.07. The minimum Gasteiger partial charge on any atom is -0.497 e. The number of ether oxygens (including phenoxy) is 3. The van der Waals surface area contributed by atoms with Crippen LogP contribution in [0.25, 0.3) is 6.08 Å². The van der Waals surface area contributed by atoms with E-state index in [0.717, 1.165) is 11.3 Å². The van der Waals surface area contributed by atoms with Gasteiger partial charge in [0.1, 0.15) is 17.2 Å². The van der Waals surface area contributed by atoms with E-state index >= 15 is 0 Å². The van der Waals surface area contributed by atoms with Crippen molar-refractivity contribution in [2.75, 3.05) is 21.3 Å². The summed E-state index contributed by atoms with van der Waals surface area (Å²) in [7, 11) is 4.72. The van der Waals surface area contributed by atoms with Crippen LogP contribution in [0.4, 0.5) is 0 Å². The smallest absolute Gasteiger partial charge is 0.186 e. The topological polar surface area (TPSA) is 44.8 Å². The fourth-order valence-electron chi connectivity index (χ4n) is 1.93. The van der Waals surface area contributed by atoms with Crippen LogP contribution in [-0.2, 0) is 0 Å². The fraction of sp³-hybridized carbons (Fsp3) is 0.167. The molecule has 0 aromatic heterocycles. The van der Waals surface area contributed by atoms with Crippen molar-refractivity contribution in [3.8, 4) is 17.2 Å². The lowest BCUT2D eigenvalue weighted by atomic mass is 10.1. The highest BCUT2D eigenvalue weighted by Gasteiger charge is 2.07. The van der Waals surface area contributed by atoms with Gasteiger partial charge in [0.05, 0.1) is 21.3 Å². The number of carbonyl (C=O) groups is 1. The summed E-state index contributed by atoms with van der Waals surface area (Å²) in [5.74, 6) is 1.83. The van der Waals surface area contributed by atoms with Gasteiger partial charge >= 0.3 is 0 Å². The molecule has 0 heterocycles. The van der Waals surface area contributed by atoms with Gasteiger partial charge in [0.15, 0.2) is 5.78 Å². The summed E-state index contributed by atoms with van der Waals surface area (Å²) in [4.78, 5) is 12.3. The summed E-state index contributed by atoms with van der Waals surface area (Å²) >= 11 is 0. The molecular formula is C18H18O4. The summed E-state index contributed by atoms with van der Waals surface area (Å²) in [6.07, 6.45) is 3.28. The van der Waals surface area contributed by atoms with Gasteiger partial charge in [0.25, 0.3) is 0 Å². The first-order valence-corrected chi connectivity index (χ1v) is 6.76. The number of benzene rings is 2. The Kier molecular flexibility index (Phi) is 5.20. The molecular weight excluding hydrogens is 280 g/mol. The maximum Gasteiger partial charge on any atom is 0.186 e. The van der Waals surface area contributed by atoms with E-state index in [1.54, 1.807) is 45.6 Å². The molecule has 0 saturated carbocycles. The van der Waals surface area contributed by atoms with Crippen LogP contribution in [-0.4, -0.2) is 27.1 Å². The van der Waals surface area contributed by atoms with Gasteiger partial charge in [-0.05, 0) is 35.9 Å². The van der Waals surface area contributed by atoms with Crippen molar-refractivity contribution in [1.29, 1.82) is 0 Å². The zero-order valence-electron chi connectivity index (χ0n) is 12.8. The summed E-state index contributed by atoms with van der Waals surface area (Å²) in [5, 5.41) is 0. The number of ketones is 1. The van der Waals surface area contributed by atoms with Crippen molar-refractivity contribution in [2.24, 2.45) is 0 Å². The third-order valence-corrected chi connectivity index (χ3v) is 3.18. The summed E-state index contributed by atoms with van der Waals surface area (Å²) in [6, 6.07) is 12.6. The molecule has 22 heavy (non-hydrogen) atoms. The lowest BCUT2D eigenvalue weighted by Crippen LogP contribution is -1.97. The molecule has 0 unspecified atom stereocenters. The molecule has 0 fully saturated rings. The quantitative estimate of drug-likeness (QED) is 0.603. The van der Waals surface area contributed by atoms with Crippen molar-refractivity contribution in [3.63, 3.8) is 0 Å². The Balaban J connectivity index is 2.18. The monoisotopic (exact) mass is 298 g/mol. The average molecular weight is 298 g/mol. The first-order valence-electron chi connectivity index (χ1n) is 6.76. The van der Waals surface area contributed by atoms with Crippen LogP contribution in [0.5, 0.6) is 17.2 Å².